The van der Waals surface area contributed by atoms with Gasteiger partial charge in [0.2, 0.25) is 5.71 Å². The van der Waals surface area contributed by atoms with Crippen LogP contribution >= 0.6 is 0 Å². The fourth-order valence-electron chi connectivity index (χ4n) is 7.54. The second-order valence-electron chi connectivity index (χ2n) is 14.4. The van der Waals surface area contributed by atoms with Crippen molar-refractivity contribution in [2.24, 2.45) is 0 Å². The van der Waals surface area contributed by atoms with Crippen molar-refractivity contribution in [1.82, 2.24) is 29.9 Å². The summed E-state index contributed by atoms with van der Waals surface area (Å²) in [6.07, 6.45) is 1.85. The van der Waals surface area contributed by atoms with E-state index in [2.05, 4.69) is 84.9 Å². The van der Waals surface area contributed by atoms with Crippen molar-refractivity contribution < 1.29 is 4.42 Å². The van der Waals surface area contributed by atoms with Gasteiger partial charge in [0.15, 0.2) is 28.9 Å². The molecule has 0 aliphatic heterocycles. The minimum absolute atomic E-state index is 0.512. The van der Waals surface area contributed by atoms with Gasteiger partial charge in [-0.25, -0.2) is 29.9 Å². The van der Waals surface area contributed by atoms with Crippen LogP contribution in [0.4, 0.5) is 0 Å². The van der Waals surface area contributed by atoms with Crippen LogP contribution in [0.15, 0.2) is 199 Å². The summed E-state index contributed by atoms with van der Waals surface area (Å²) in [5.41, 5.74) is 11.3. The summed E-state index contributed by atoms with van der Waals surface area (Å²) in [6.45, 7) is 0. The molecule has 0 atom stereocenters. The predicted octanol–water partition coefficient (Wildman–Crippen LogP) is 12.8. The Kier molecular flexibility index (Phi) is 8.33. The van der Waals surface area contributed by atoms with Gasteiger partial charge in [-0.3, -0.25) is 0 Å². The fourth-order valence-corrected chi connectivity index (χ4v) is 7.54. The lowest BCUT2D eigenvalue weighted by Gasteiger charge is -2.10. The number of benzene rings is 7. The number of furan rings is 1. The van der Waals surface area contributed by atoms with E-state index < -0.39 is 0 Å². The number of fused-ring (bicyclic) bond motifs is 4. The molecule has 0 fully saturated rings. The molecule has 0 radical (unpaired) electrons. The summed E-state index contributed by atoms with van der Waals surface area (Å²) in [7, 11) is 0. The van der Waals surface area contributed by atoms with E-state index in [4.69, 9.17) is 34.3 Å². The van der Waals surface area contributed by atoms with Gasteiger partial charge in [0.25, 0.3) is 0 Å². The third kappa shape index (κ3) is 6.46. The molecule has 7 heteroatoms. The fraction of sp³-hybridized carbons (Fsp3) is 0. The minimum atomic E-state index is 0.512. The molecule has 0 bridgehead atoms. The van der Waals surface area contributed by atoms with Gasteiger partial charge in [-0.2, -0.15) is 0 Å². The summed E-state index contributed by atoms with van der Waals surface area (Å²) >= 11 is 0. The molecule has 7 aromatic carbocycles. The van der Waals surface area contributed by atoms with Gasteiger partial charge in [-0.05, 0) is 39.6 Å². The first kappa shape index (κ1) is 34.1. The van der Waals surface area contributed by atoms with E-state index >= 15 is 0 Å². The van der Waals surface area contributed by atoms with Gasteiger partial charge in [-0.15, -0.1) is 0 Å². The largest absolute Gasteiger partial charge is 0.434 e. The Hall–Kier alpha value is -8.16. The maximum atomic E-state index is 6.47. The predicted molar refractivity (Wildman–Crippen MR) is 236 cm³/mol. The molecular weight excluding hydrogens is 725 g/mol. The zero-order valence-electron chi connectivity index (χ0n) is 31.6. The summed E-state index contributed by atoms with van der Waals surface area (Å²) in [5.74, 6) is 2.34. The molecule has 0 amide bonds. The zero-order chi connectivity index (χ0) is 39.1. The molecule has 4 heterocycles. The molecule has 4 aromatic heterocycles. The van der Waals surface area contributed by atoms with Crippen LogP contribution in [-0.2, 0) is 0 Å². The number of aromatic nitrogens is 6. The number of hydrogen-bond acceptors (Lipinski definition) is 7. The van der Waals surface area contributed by atoms with Crippen LogP contribution < -0.4 is 0 Å². The van der Waals surface area contributed by atoms with Crippen molar-refractivity contribution in [2.75, 3.05) is 0 Å². The molecular formula is C52H32N6O. The molecule has 0 saturated carbocycles. The standard InChI is InChI=1S/C52H32N6O/c1-4-12-33(13-5-1)36-20-23-39(24-21-36)50-56-49(37-17-8-3-9-18-37)57-51(58-50)40-27-25-38(26-28-40)48-54-45(42-29-22-35-16-10-11-19-41(35)30-42)47-46(55-48)44-31-43(32-53-52(44)59-47)34-14-6-2-7-15-34/h1-32H. The summed E-state index contributed by atoms with van der Waals surface area (Å²) < 4.78 is 6.47. The van der Waals surface area contributed by atoms with E-state index in [-0.39, 0.29) is 0 Å². The third-order valence-corrected chi connectivity index (χ3v) is 10.6. The zero-order valence-corrected chi connectivity index (χ0v) is 31.6. The SMILES string of the molecule is c1ccc(-c2ccc(-c3nc(-c4ccccc4)nc(-c4ccc(-c5nc(-c6ccc7ccccc7c6)c6oc7ncc(-c8ccccc8)cc7c6n5)cc4)n3)cc2)cc1. The minimum Gasteiger partial charge on any atom is -0.434 e. The van der Waals surface area contributed by atoms with Crippen LogP contribution in [0.3, 0.4) is 0 Å². The molecule has 276 valence electrons. The molecule has 0 aliphatic carbocycles. The molecule has 0 N–H and O–H groups in total. The molecule has 0 aliphatic rings. The Bertz CT molecular complexity index is 3300. The van der Waals surface area contributed by atoms with Gasteiger partial charge < -0.3 is 4.42 Å². The Morgan fingerprint density at radius 3 is 1.36 bits per heavy atom. The summed E-state index contributed by atoms with van der Waals surface area (Å²) in [4.78, 5) is 30.0. The molecule has 11 rings (SSSR count). The van der Waals surface area contributed by atoms with E-state index in [0.717, 1.165) is 66.2 Å². The van der Waals surface area contributed by atoms with E-state index in [1.165, 1.54) is 0 Å². The van der Waals surface area contributed by atoms with E-state index in [0.29, 0.717) is 45.8 Å². The van der Waals surface area contributed by atoms with Crippen molar-refractivity contribution in [2.45, 2.75) is 0 Å². The normalized spacial score (nSPS) is 11.4. The van der Waals surface area contributed by atoms with E-state index in [9.17, 15) is 0 Å². The number of hydrogen-bond donors (Lipinski definition) is 0. The highest BCUT2D eigenvalue weighted by atomic mass is 16.3. The lowest BCUT2D eigenvalue weighted by molar-refractivity contribution is 0.653. The quantitative estimate of drug-likeness (QED) is 0.160. The molecule has 11 aromatic rings. The lowest BCUT2D eigenvalue weighted by Crippen LogP contribution is -2.00. The smallest absolute Gasteiger partial charge is 0.229 e. The highest BCUT2D eigenvalue weighted by Gasteiger charge is 2.20. The first-order chi connectivity index (χ1) is 29.2. The van der Waals surface area contributed by atoms with Gasteiger partial charge in [0, 0.05) is 39.6 Å². The van der Waals surface area contributed by atoms with Crippen LogP contribution in [0.1, 0.15) is 0 Å². The van der Waals surface area contributed by atoms with Crippen LogP contribution in [0.25, 0.3) is 112 Å². The Labute approximate surface area is 339 Å². The molecule has 0 unspecified atom stereocenters. The average Bonchev–Trinajstić information content (AvgIpc) is 3.70. The molecule has 0 saturated heterocycles. The van der Waals surface area contributed by atoms with Gasteiger partial charge in [0.1, 0.15) is 11.2 Å². The monoisotopic (exact) mass is 756 g/mol. The Morgan fingerprint density at radius 2 is 0.763 bits per heavy atom. The van der Waals surface area contributed by atoms with Crippen molar-refractivity contribution in [1.29, 1.82) is 0 Å². The first-order valence-electron chi connectivity index (χ1n) is 19.4. The topological polar surface area (TPSA) is 90.5 Å². The lowest BCUT2D eigenvalue weighted by atomic mass is 10.0. The summed E-state index contributed by atoms with van der Waals surface area (Å²) in [6, 6.07) is 63.8. The van der Waals surface area contributed by atoms with Crippen molar-refractivity contribution in [3.8, 4) is 79.1 Å². The van der Waals surface area contributed by atoms with Crippen LogP contribution in [-0.4, -0.2) is 29.9 Å². The molecule has 59 heavy (non-hydrogen) atoms. The van der Waals surface area contributed by atoms with Crippen LogP contribution in [0.5, 0.6) is 0 Å². The molecule has 7 nitrogen and oxygen atoms in total. The van der Waals surface area contributed by atoms with E-state index in [1.54, 1.807) is 0 Å². The first-order valence-corrected chi connectivity index (χ1v) is 19.4. The number of nitrogens with zero attached hydrogens (tertiary/aromatic N) is 6. The van der Waals surface area contributed by atoms with Crippen molar-refractivity contribution >= 4 is 33.0 Å². The Morgan fingerprint density at radius 1 is 0.322 bits per heavy atom. The van der Waals surface area contributed by atoms with Crippen molar-refractivity contribution in [3.05, 3.63) is 194 Å². The van der Waals surface area contributed by atoms with Crippen LogP contribution in [0, 0.1) is 0 Å². The maximum absolute atomic E-state index is 6.47. The number of rotatable bonds is 7. The molecule has 0 spiro atoms. The summed E-state index contributed by atoms with van der Waals surface area (Å²) in [5, 5.41) is 3.09. The van der Waals surface area contributed by atoms with Gasteiger partial charge >= 0.3 is 0 Å². The number of pyridine rings is 1. The van der Waals surface area contributed by atoms with Crippen molar-refractivity contribution in [3.63, 3.8) is 0 Å². The Balaban J connectivity index is 1.03. The maximum Gasteiger partial charge on any atom is 0.229 e. The van der Waals surface area contributed by atoms with Crippen LogP contribution in [0.2, 0.25) is 0 Å². The van der Waals surface area contributed by atoms with Gasteiger partial charge in [0.05, 0.1) is 5.39 Å². The highest BCUT2D eigenvalue weighted by Crippen LogP contribution is 2.38. The van der Waals surface area contributed by atoms with Gasteiger partial charge in [-0.1, -0.05) is 176 Å². The second kappa shape index (κ2) is 14.4. The second-order valence-corrected chi connectivity index (χ2v) is 14.4. The highest BCUT2D eigenvalue weighted by molar-refractivity contribution is 6.07. The van der Waals surface area contributed by atoms with E-state index in [1.807, 2.05) is 109 Å². The average molecular weight is 757 g/mol. The third-order valence-electron chi connectivity index (χ3n) is 10.6.